The first kappa shape index (κ1) is 6.99. The van der Waals surface area contributed by atoms with Crippen LogP contribution in [0, 0.1) is 0 Å². The van der Waals surface area contributed by atoms with Crippen molar-refractivity contribution in [1.29, 1.82) is 0 Å². The Bertz CT molecular complexity index is 68.5. The Morgan fingerprint density at radius 3 is 2.43 bits per heavy atom. The normalized spacial score (nSPS) is 13.6. The van der Waals surface area contributed by atoms with Crippen LogP contribution in [0.4, 0.5) is 0 Å². The van der Waals surface area contributed by atoms with Crippen LogP contribution in [-0.2, 0) is 0 Å². The summed E-state index contributed by atoms with van der Waals surface area (Å²) in [6.07, 6.45) is 0.741. The molecule has 0 heterocycles. The first-order chi connectivity index (χ1) is 3.18. The number of aliphatic hydroxyl groups excluding tert-OH is 1. The number of aliphatic hydroxyl groups is 1. The van der Waals surface area contributed by atoms with E-state index in [0.29, 0.717) is 5.57 Å². The molecule has 0 aromatic rings. The second-order valence-corrected chi connectivity index (χ2v) is 1.76. The molecule has 7 heavy (non-hydrogen) atoms. The van der Waals surface area contributed by atoms with Gasteiger partial charge in [0.1, 0.15) is 5.56 Å². The molecule has 0 spiro atoms. The van der Waals surface area contributed by atoms with Gasteiger partial charge in [0, 0.05) is 0 Å². The fourth-order valence-electron chi connectivity index (χ4n) is 0.168. The average Bonchev–Trinajstić information content (AvgIpc) is 1.65. The minimum atomic E-state index is -0.856. The van der Waals surface area contributed by atoms with E-state index in [9.17, 15) is 0 Å². The number of hydrogen-bond donors (Lipinski definition) is 1. The highest BCUT2D eigenvalue weighted by Gasteiger charge is 1.97. The predicted molar refractivity (Wildman–Crippen MR) is 31.3 cm³/mol. The van der Waals surface area contributed by atoms with Gasteiger partial charge < -0.3 is 5.11 Å². The van der Waals surface area contributed by atoms with Crippen LogP contribution in [0.1, 0.15) is 13.3 Å². The quantitative estimate of drug-likeness (QED) is 0.433. The van der Waals surface area contributed by atoms with Gasteiger partial charge in [-0.2, -0.15) is 0 Å². The van der Waals surface area contributed by atoms with E-state index in [1.165, 1.54) is 0 Å². The van der Waals surface area contributed by atoms with Crippen LogP contribution in [0.25, 0.3) is 0 Å². The van der Waals surface area contributed by atoms with E-state index in [1.54, 1.807) is 0 Å². The van der Waals surface area contributed by atoms with Gasteiger partial charge >= 0.3 is 0 Å². The van der Waals surface area contributed by atoms with Gasteiger partial charge in [-0.15, -0.1) is 0 Å². The Morgan fingerprint density at radius 2 is 2.43 bits per heavy atom. The van der Waals surface area contributed by atoms with E-state index in [1.807, 2.05) is 6.92 Å². The van der Waals surface area contributed by atoms with E-state index < -0.39 is 5.56 Å². The van der Waals surface area contributed by atoms with Crippen LogP contribution < -0.4 is 0 Å². The van der Waals surface area contributed by atoms with Crippen molar-refractivity contribution in [3.8, 4) is 0 Å². The number of rotatable bonds is 2. The molecule has 1 N–H and O–H groups in total. The molecule has 0 bridgehead atoms. The molecular weight excluding hydrogens is 112 g/mol. The largest absolute Gasteiger partial charge is 0.374 e. The number of alkyl halides is 1. The standard InChI is InChI=1S/C5H9ClO/c1-3-4(2)5(6)7/h5,7H,2-3H2,1H3. The summed E-state index contributed by atoms with van der Waals surface area (Å²) in [6.45, 7) is 5.39. The summed E-state index contributed by atoms with van der Waals surface area (Å²) in [4.78, 5) is 0. The van der Waals surface area contributed by atoms with Crippen LogP contribution in [0.2, 0.25) is 0 Å². The molecule has 0 aliphatic rings. The van der Waals surface area contributed by atoms with E-state index in [0.717, 1.165) is 6.42 Å². The van der Waals surface area contributed by atoms with Crippen molar-refractivity contribution in [3.63, 3.8) is 0 Å². The molecule has 2 heteroatoms. The Hall–Kier alpha value is -0.0100. The topological polar surface area (TPSA) is 20.2 Å². The Balaban J connectivity index is 3.35. The van der Waals surface area contributed by atoms with Gasteiger partial charge in [-0.1, -0.05) is 25.1 Å². The van der Waals surface area contributed by atoms with E-state index >= 15 is 0 Å². The molecule has 0 fully saturated rings. The highest BCUT2D eigenvalue weighted by molar-refractivity contribution is 6.21. The molecule has 42 valence electrons. The van der Waals surface area contributed by atoms with Crippen molar-refractivity contribution in [3.05, 3.63) is 12.2 Å². The van der Waals surface area contributed by atoms with Crippen LogP contribution in [0.15, 0.2) is 12.2 Å². The Labute approximate surface area is 48.6 Å². The number of halogens is 1. The van der Waals surface area contributed by atoms with Gasteiger partial charge in [0.25, 0.3) is 0 Å². The zero-order valence-electron chi connectivity index (χ0n) is 4.32. The molecular formula is C5H9ClO. The average molecular weight is 121 g/mol. The monoisotopic (exact) mass is 120 g/mol. The van der Waals surface area contributed by atoms with Crippen molar-refractivity contribution in [2.24, 2.45) is 0 Å². The highest BCUT2D eigenvalue weighted by Crippen LogP contribution is 2.06. The van der Waals surface area contributed by atoms with Crippen molar-refractivity contribution in [1.82, 2.24) is 0 Å². The van der Waals surface area contributed by atoms with Gasteiger partial charge in [0.05, 0.1) is 0 Å². The first-order valence-corrected chi connectivity index (χ1v) is 2.62. The molecule has 0 saturated heterocycles. The summed E-state index contributed by atoms with van der Waals surface area (Å²) < 4.78 is 0. The van der Waals surface area contributed by atoms with Gasteiger partial charge in [-0.25, -0.2) is 0 Å². The van der Waals surface area contributed by atoms with Crippen molar-refractivity contribution >= 4 is 11.6 Å². The molecule has 0 aliphatic heterocycles. The summed E-state index contributed by atoms with van der Waals surface area (Å²) >= 11 is 5.18. The molecule has 0 saturated carbocycles. The maximum absolute atomic E-state index is 8.49. The molecule has 0 rings (SSSR count). The Kier molecular flexibility index (Phi) is 3.05. The smallest absolute Gasteiger partial charge is 0.149 e. The minimum Gasteiger partial charge on any atom is -0.374 e. The molecule has 1 nitrogen and oxygen atoms in total. The van der Waals surface area contributed by atoms with E-state index in [-0.39, 0.29) is 0 Å². The lowest BCUT2D eigenvalue weighted by Crippen LogP contribution is -1.96. The zero-order valence-corrected chi connectivity index (χ0v) is 5.07. The fraction of sp³-hybridized carbons (Fsp3) is 0.600. The third-order valence-electron chi connectivity index (χ3n) is 0.791. The summed E-state index contributed by atoms with van der Waals surface area (Å²) in [5.41, 5.74) is -0.188. The van der Waals surface area contributed by atoms with Crippen LogP contribution in [0.5, 0.6) is 0 Å². The maximum Gasteiger partial charge on any atom is 0.149 e. The van der Waals surface area contributed by atoms with Gasteiger partial charge in [0.15, 0.2) is 0 Å². The molecule has 1 atom stereocenters. The van der Waals surface area contributed by atoms with Crippen molar-refractivity contribution in [2.45, 2.75) is 18.9 Å². The van der Waals surface area contributed by atoms with E-state index in [4.69, 9.17) is 16.7 Å². The van der Waals surface area contributed by atoms with Gasteiger partial charge in [-0.3, -0.25) is 0 Å². The van der Waals surface area contributed by atoms with Crippen LogP contribution in [-0.4, -0.2) is 10.7 Å². The first-order valence-electron chi connectivity index (χ1n) is 2.18. The van der Waals surface area contributed by atoms with Gasteiger partial charge in [-0.05, 0) is 12.0 Å². The third-order valence-corrected chi connectivity index (χ3v) is 1.10. The van der Waals surface area contributed by atoms with Crippen LogP contribution in [0.3, 0.4) is 0 Å². The van der Waals surface area contributed by atoms with Gasteiger partial charge in [0.2, 0.25) is 0 Å². The fourth-order valence-corrected chi connectivity index (χ4v) is 0.323. The number of hydrogen-bond acceptors (Lipinski definition) is 1. The molecule has 0 aliphatic carbocycles. The minimum absolute atomic E-state index is 0.668. The molecule has 1 unspecified atom stereocenters. The second kappa shape index (κ2) is 3.05. The molecule has 0 radical (unpaired) electrons. The summed E-state index contributed by atoms with van der Waals surface area (Å²) in [5, 5.41) is 8.49. The van der Waals surface area contributed by atoms with Crippen LogP contribution >= 0.6 is 11.6 Å². The second-order valence-electron chi connectivity index (χ2n) is 1.35. The molecule has 0 aromatic carbocycles. The maximum atomic E-state index is 8.49. The lowest BCUT2D eigenvalue weighted by Gasteiger charge is -1.99. The SMILES string of the molecule is C=C(CC)C(O)Cl. The van der Waals surface area contributed by atoms with Crippen molar-refractivity contribution < 1.29 is 5.11 Å². The predicted octanol–water partition coefficient (Wildman–Crippen LogP) is 1.51. The summed E-state index contributed by atoms with van der Waals surface area (Å²) in [5.74, 6) is 0. The zero-order chi connectivity index (χ0) is 5.86. The summed E-state index contributed by atoms with van der Waals surface area (Å²) in [6, 6.07) is 0. The van der Waals surface area contributed by atoms with Crippen molar-refractivity contribution in [2.75, 3.05) is 0 Å². The lowest BCUT2D eigenvalue weighted by atomic mass is 10.2. The Morgan fingerprint density at radius 1 is 2.00 bits per heavy atom. The van der Waals surface area contributed by atoms with E-state index in [2.05, 4.69) is 6.58 Å². The third kappa shape index (κ3) is 2.66. The summed E-state index contributed by atoms with van der Waals surface area (Å²) in [7, 11) is 0. The molecule has 0 amide bonds. The highest BCUT2D eigenvalue weighted by atomic mass is 35.5. The lowest BCUT2D eigenvalue weighted by molar-refractivity contribution is 0.288. The molecule has 0 aromatic heterocycles.